The van der Waals surface area contributed by atoms with E-state index in [9.17, 15) is 9.59 Å². The zero-order valence-corrected chi connectivity index (χ0v) is 20.4. The fourth-order valence-corrected chi connectivity index (χ4v) is 6.84. The molecule has 2 aliphatic heterocycles. The Bertz CT molecular complexity index is 969. The summed E-state index contributed by atoms with van der Waals surface area (Å²) in [4.78, 5) is 34.3. The first-order valence-corrected chi connectivity index (χ1v) is 13.4. The molecule has 2 atom stereocenters. The van der Waals surface area contributed by atoms with E-state index in [0.717, 1.165) is 25.8 Å². The van der Waals surface area contributed by atoms with E-state index in [1.165, 1.54) is 35.3 Å². The summed E-state index contributed by atoms with van der Waals surface area (Å²) < 4.78 is 0. The molecule has 2 amide bonds. The average molecular weight is 466 g/mol. The van der Waals surface area contributed by atoms with Crippen LogP contribution in [-0.4, -0.2) is 65.3 Å². The highest BCUT2D eigenvalue weighted by Gasteiger charge is 2.36. The molecule has 0 unspecified atom stereocenters. The third-order valence-electron chi connectivity index (χ3n) is 7.74. The predicted octanol–water partition coefficient (Wildman–Crippen LogP) is 4.34. The molecule has 0 radical (unpaired) electrons. The van der Waals surface area contributed by atoms with Crippen LogP contribution in [0.25, 0.3) is 0 Å². The molecule has 2 fully saturated rings. The molecule has 5 rings (SSSR count). The number of piperazine rings is 1. The van der Waals surface area contributed by atoms with Gasteiger partial charge in [0.05, 0.1) is 12.6 Å². The van der Waals surface area contributed by atoms with E-state index >= 15 is 0 Å². The van der Waals surface area contributed by atoms with Gasteiger partial charge in [0.2, 0.25) is 11.8 Å². The van der Waals surface area contributed by atoms with Crippen molar-refractivity contribution >= 4 is 23.2 Å². The molecule has 1 saturated heterocycles. The number of carbonyl (C=O) groups is 2. The van der Waals surface area contributed by atoms with Crippen molar-refractivity contribution in [2.75, 3.05) is 32.7 Å². The van der Waals surface area contributed by atoms with Crippen molar-refractivity contribution in [3.8, 4) is 0 Å². The van der Waals surface area contributed by atoms with Crippen LogP contribution in [0.1, 0.15) is 61.1 Å². The van der Waals surface area contributed by atoms with Gasteiger partial charge in [-0.2, -0.15) is 0 Å². The van der Waals surface area contributed by atoms with E-state index < -0.39 is 0 Å². The quantitative estimate of drug-likeness (QED) is 0.675. The standard InChI is InChI=1S/C27H35N3O2S/c1-20-18-28(15-16-30(20)27(32)22-10-6-3-7-11-22)25(31)19-29-14-12-24-23(13-17-33-24)26(29)21-8-4-2-5-9-21/h2,4-5,8-9,13,17,20,22,26H,3,6-7,10-12,14-16,18-19H2,1H3/t20-,26-/m0/s1. The zero-order valence-electron chi connectivity index (χ0n) is 19.6. The second kappa shape index (κ2) is 9.98. The van der Waals surface area contributed by atoms with Crippen LogP contribution in [0.5, 0.6) is 0 Å². The van der Waals surface area contributed by atoms with E-state index in [1.807, 2.05) is 27.2 Å². The molecule has 176 valence electrons. The monoisotopic (exact) mass is 465 g/mol. The SMILES string of the molecule is C[C@H]1CN(C(=O)CN2CCc3sccc3[C@@H]2c2ccccc2)CCN1C(=O)C1CCCCC1. The van der Waals surface area contributed by atoms with Crippen molar-refractivity contribution in [3.63, 3.8) is 0 Å². The predicted molar refractivity (Wildman–Crippen MR) is 132 cm³/mol. The van der Waals surface area contributed by atoms with Crippen LogP contribution >= 0.6 is 11.3 Å². The molecule has 0 bridgehead atoms. The van der Waals surface area contributed by atoms with Crippen molar-refractivity contribution < 1.29 is 9.59 Å². The fourth-order valence-electron chi connectivity index (χ4n) is 5.93. The van der Waals surface area contributed by atoms with Crippen LogP contribution in [0, 0.1) is 5.92 Å². The van der Waals surface area contributed by atoms with Crippen molar-refractivity contribution in [1.29, 1.82) is 0 Å². The molecule has 0 spiro atoms. The summed E-state index contributed by atoms with van der Waals surface area (Å²) in [6.45, 7) is 5.39. The Morgan fingerprint density at radius 1 is 1.00 bits per heavy atom. The van der Waals surface area contributed by atoms with Gasteiger partial charge in [0.25, 0.3) is 0 Å². The van der Waals surface area contributed by atoms with Gasteiger partial charge in [-0.1, -0.05) is 49.6 Å². The summed E-state index contributed by atoms with van der Waals surface area (Å²) in [6, 6.07) is 13.0. The second-order valence-corrected chi connectivity index (χ2v) is 10.9. The van der Waals surface area contributed by atoms with E-state index in [1.54, 1.807) is 0 Å². The maximum atomic E-state index is 13.4. The minimum absolute atomic E-state index is 0.0897. The first-order chi connectivity index (χ1) is 16.1. The van der Waals surface area contributed by atoms with E-state index in [0.29, 0.717) is 32.1 Å². The molecule has 5 nitrogen and oxygen atoms in total. The minimum Gasteiger partial charge on any atom is -0.338 e. The Kier molecular flexibility index (Phi) is 6.84. The van der Waals surface area contributed by atoms with Crippen molar-refractivity contribution in [2.24, 2.45) is 5.92 Å². The van der Waals surface area contributed by atoms with E-state index in [2.05, 4.69) is 47.5 Å². The molecule has 1 aliphatic carbocycles. The fraction of sp³-hybridized carbons (Fsp3) is 0.556. The topological polar surface area (TPSA) is 43.9 Å². The number of rotatable bonds is 4. The number of hydrogen-bond donors (Lipinski definition) is 0. The van der Waals surface area contributed by atoms with Gasteiger partial charge in [-0.3, -0.25) is 14.5 Å². The zero-order chi connectivity index (χ0) is 22.8. The molecule has 0 N–H and O–H groups in total. The Morgan fingerprint density at radius 2 is 1.79 bits per heavy atom. The number of benzene rings is 1. The Balaban J connectivity index is 1.24. The minimum atomic E-state index is 0.0897. The highest BCUT2D eigenvalue weighted by atomic mass is 32.1. The van der Waals surface area contributed by atoms with Crippen LogP contribution < -0.4 is 0 Å². The normalized spacial score (nSPS) is 24.5. The summed E-state index contributed by atoms with van der Waals surface area (Å²) in [7, 11) is 0. The molecule has 1 saturated carbocycles. The Hall–Kier alpha value is -2.18. The highest BCUT2D eigenvalue weighted by molar-refractivity contribution is 7.10. The lowest BCUT2D eigenvalue weighted by atomic mass is 9.88. The van der Waals surface area contributed by atoms with Gasteiger partial charge in [0.15, 0.2) is 0 Å². The van der Waals surface area contributed by atoms with Crippen LogP contribution in [0.3, 0.4) is 0 Å². The first kappa shape index (κ1) is 22.6. The number of carbonyl (C=O) groups excluding carboxylic acids is 2. The summed E-state index contributed by atoms with van der Waals surface area (Å²) >= 11 is 1.83. The van der Waals surface area contributed by atoms with Gasteiger partial charge in [0, 0.05) is 43.0 Å². The molecule has 33 heavy (non-hydrogen) atoms. The summed E-state index contributed by atoms with van der Waals surface area (Å²) in [5.41, 5.74) is 2.60. The van der Waals surface area contributed by atoms with E-state index in [4.69, 9.17) is 0 Å². The van der Waals surface area contributed by atoms with Gasteiger partial charge in [-0.05, 0) is 48.8 Å². The smallest absolute Gasteiger partial charge is 0.236 e. The number of thiophene rings is 1. The molecule has 6 heteroatoms. The van der Waals surface area contributed by atoms with Crippen LogP contribution in [0.15, 0.2) is 41.8 Å². The summed E-state index contributed by atoms with van der Waals surface area (Å²) in [6.07, 6.45) is 6.68. The van der Waals surface area contributed by atoms with Crippen molar-refractivity contribution in [2.45, 2.75) is 57.5 Å². The Morgan fingerprint density at radius 3 is 2.55 bits per heavy atom. The molecule has 2 aromatic rings. The molecule has 1 aromatic carbocycles. The summed E-state index contributed by atoms with van der Waals surface area (Å²) in [5.74, 6) is 0.703. The lowest BCUT2D eigenvalue weighted by Gasteiger charge is -2.43. The molecule has 3 aliphatic rings. The van der Waals surface area contributed by atoms with Crippen molar-refractivity contribution in [1.82, 2.24) is 14.7 Å². The number of amides is 2. The molecular formula is C27H35N3O2S. The maximum absolute atomic E-state index is 13.4. The second-order valence-electron chi connectivity index (χ2n) is 9.89. The molecular weight excluding hydrogens is 430 g/mol. The van der Waals surface area contributed by atoms with Crippen LogP contribution in [0.2, 0.25) is 0 Å². The Labute approximate surface area is 201 Å². The summed E-state index contributed by atoms with van der Waals surface area (Å²) in [5, 5.41) is 2.18. The van der Waals surface area contributed by atoms with Crippen LogP contribution in [-0.2, 0) is 16.0 Å². The van der Waals surface area contributed by atoms with Gasteiger partial charge in [-0.15, -0.1) is 11.3 Å². The van der Waals surface area contributed by atoms with Gasteiger partial charge >= 0.3 is 0 Å². The van der Waals surface area contributed by atoms with Gasteiger partial charge in [0.1, 0.15) is 0 Å². The molecule has 3 heterocycles. The third-order valence-corrected chi connectivity index (χ3v) is 8.73. The molecule has 1 aromatic heterocycles. The maximum Gasteiger partial charge on any atom is 0.236 e. The third kappa shape index (κ3) is 4.73. The highest BCUT2D eigenvalue weighted by Crippen LogP contribution is 2.37. The van der Waals surface area contributed by atoms with Gasteiger partial charge in [-0.25, -0.2) is 0 Å². The van der Waals surface area contributed by atoms with Crippen LogP contribution in [0.4, 0.5) is 0 Å². The lowest BCUT2D eigenvalue weighted by Crippen LogP contribution is -2.58. The largest absolute Gasteiger partial charge is 0.338 e. The average Bonchev–Trinajstić information content (AvgIpc) is 3.33. The van der Waals surface area contributed by atoms with E-state index in [-0.39, 0.29) is 23.9 Å². The lowest BCUT2D eigenvalue weighted by molar-refractivity contribution is -0.146. The first-order valence-electron chi connectivity index (χ1n) is 12.6. The number of hydrogen-bond acceptors (Lipinski definition) is 4. The van der Waals surface area contributed by atoms with Gasteiger partial charge < -0.3 is 9.80 Å². The number of fused-ring (bicyclic) bond motifs is 1. The van der Waals surface area contributed by atoms with Crippen molar-refractivity contribution in [3.05, 3.63) is 57.8 Å². The number of nitrogens with zero attached hydrogens (tertiary/aromatic N) is 3.